The largest absolute Gasteiger partial charge is 0.481 e. The van der Waals surface area contributed by atoms with Gasteiger partial charge in [-0.2, -0.15) is 0 Å². The fourth-order valence-corrected chi connectivity index (χ4v) is 0.762. The number of nitrogens with two attached hydrogens (primary N) is 3. The molecule has 5 heteroatoms. The molecule has 0 unspecified atom stereocenters. The molecule has 0 heterocycles. The molecule has 1 aromatic rings. The minimum atomic E-state index is -0.833. The van der Waals surface area contributed by atoms with E-state index in [0.29, 0.717) is 17.1 Å². The van der Waals surface area contributed by atoms with Crippen LogP contribution in [0.4, 0.5) is 17.1 Å². The SMILES string of the molecule is CC(=O)O.Cc1ccc(N)c(N)c1N. The Morgan fingerprint density at radius 1 is 1.21 bits per heavy atom. The van der Waals surface area contributed by atoms with Crippen LogP contribution in [0.25, 0.3) is 0 Å². The third-order valence-electron chi connectivity index (χ3n) is 1.54. The fourth-order valence-electron chi connectivity index (χ4n) is 0.762. The van der Waals surface area contributed by atoms with Crippen LogP contribution in [-0.2, 0) is 4.79 Å². The molecule has 0 amide bonds. The maximum atomic E-state index is 9.00. The molecule has 0 bridgehead atoms. The molecule has 78 valence electrons. The molecular weight excluding hydrogens is 182 g/mol. The Kier molecular flexibility index (Phi) is 4.28. The second kappa shape index (κ2) is 4.96. The Morgan fingerprint density at radius 2 is 1.64 bits per heavy atom. The van der Waals surface area contributed by atoms with Crippen molar-refractivity contribution >= 4 is 23.0 Å². The van der Waals surface area contributed by atoms with Crippen LogP contribution < -0.4 is 17.2 Å². The number of anilines is 3. The van der Waals surface area contributed by atoms with Crippen LogP contribution in [0.15, 0.2) is 12.1 Å². The van der Waals surface area contributed by atoms with Gasteiger partial charge in [0, 0.05) is 6.92 Å². The predicted octanol–water partition coefficient (Wildman–Crippen LogP) is 0.833. The Balaban J connectivity index is 0.000000364. The highest BCUT2D eigenvalue weighted by molar-refractivity contribution is 5.79. The topological polar surface area (TPSA) is 115 Å². The van der Waals surface area contributed by atoms with Gasteiger partial charge in [0.2, 0.25) is 0 Å². The lowest BCUT2D eigenvalue weighted by Crippen LogP contribution is -2.01. The molecule has 0 aliphatic carbocycles. The van der Waals surface area contributed by atoms with Crippen molar-refractivity contribution in [2.45, 2.75) is 13.8 Å². The van der Waals surface area contributed by atoms with Gasteiger partial charge in [-0.1, -0.05) is 6.07 Å². The molecule has 0 radical (unpaired) electrons. The molecule has 0 aromatic heterocycles. The Morgan fingerprint density at radius 3 is 2.00 bits per heavy atom. The van der Waals surface area contributed by atoms with E-state index < -0.39 is 5.97 Å². The van der Waals surface area contributed by atoms with Crippen molar-refractivity contribution in [3.8, 4) is 0 Å². The van der Waals surface area contributed by atoms with Crippen molar-refractivity contribution < 1.29 is 9.90 Å². The van der Waals surface area contributed by atoms with Gasteiger partial charge < -0.3 is 22.3 Å². The molecule has 0 fully saturated rings. The molecule has 1 rings (SSSR count). The van der Waals surface area contributed by atoms with Crippen LogP contribution in [0.3, 0.4) is 0 Å². The minimum Gasteiger partial charge on any atom is -0.481 e. The predicted molar refractivity (Wildman–Crippen MR) is 57.7 cm³/mol. The third kappa shape index (κ3) is 3.66. The molecule has 0 aliphatic heterocycles. The smallest absolute Gasteiger partial charge is 0.300 e. The summed E-state index contributed by atoms with van der Waals surface area (Å²) in [6.45, 7) is 2.98. The molecule has 0 saturated heterocycles. The van der Waals surface area contributed by atoms with Gasteiger partial charge in [-0.15, -0.1) is 0 Å². The Bertz CT molecular complexity index is 306. The summed E-state index contributed by atoms with van der Waals surface area (Å²) in [7, 11) is 0. The number of nitrogen functional groups attached to an aromatic ring is 3. The van der Waals surface area contributed by atoms with Crippen molar-refractivity contribution in [2.24, 2.45) is 0 Å². The van der Waals surface area contributed by atoms with E-state index in [0.717, 1.165) is 12.5 Å². The first kappa shape index (κ1) is 12.1. The normalized spacial score (nSPS) is 8.71. The van der Waals surface area contributed by atoms with Crippen molar-refractivity contribution in [2.75, 3.05) is 17.2 Å². The average Bonchev–Trinajstić information content (AvgIpc) is 2.07. The van der Waals surface area contributed by atoms with E-state index in [1.165, 1.54) is 0 Å². The summed E-state index contributed by atoms with van der Waals surface area (Å²) < 4.78 is 0. The van der Waals surface area contributed by atoms with Gasteiger partial charge in [0.1, 0.15) is 0 Å². The molecular formula is C9H15N3O2. The summed E-state index contributed by atoms with van der Waals surface area (Å²) in [4.78, 5) is 9.00. The number of hydrogen-bond acceptors (Lipinski definition) is 4. The van der Waals surface area contributed by atoms with Gasteiger partial charge in [0.15, 0.2) is 0 Å². The Labute approximate surface area is 82.5 Å². The quantitative estimate of drug-likeness (QED) is 0.460. The second-order valence-corrected chi connectivity index (χ2v) is 2.82. The van der Waals surface area contributed by atoms with E-state index >= 15 is 0 Å². The van der Waals surface area contributed by atoms with Crippen molar-refractivity contribution in [1.29, 1.82) is 0 Å². The van der Waals surface area contributed by atoms with Crippen LogP contribution >= 0.6 is 0 Å². The lowest BCUT2D eigenvalue weighted by atomic mass is 10.1. The first-order chi connectivity index (χ1) is 6.36. The number of carboxylic acids is 1. The van der Waals surface area contributed by atoms with Crippen LogP contribution in [-0.4, -0.2) is 11.1 Å². The molecule has 1 aromatic carbocycles. The molecule has 0 spiro atoms. The summed E-state index contributed by atoms with van der Waals surface area (Å²) >= 11 is 0. The number of benzene rings is 1. The average molecular weight is 197 g/mol. The van der Waals surface area contributed by atoms with E-state index in [2.05, 4.69) is 0 Å². The highest BCUT2D eigenvalue weighted by Crippen LogP contribution is 2.24. The molecule has 0 atom stereocenters. The maximum Gasteiger partial charge on any atom is 0.300 e. The molecule has 0 aliphatic rings. The second-order valence-electron chi connectivity index (χ2n) is 2.82. The first-order valence-corrected chi connectivity index (χ1v) is 3.95. The highest BCUT2D eigenvalue weighted by atomic mass is 16.4. The van der Waals surface area contributed by atoms with Gasteiger partial charge >= 0.3 is 0 Å². The van der Waals surface area contributed by atoms with Crippen molar-refractivity contribution in [3.63, 3.8) is 0 Å². The monoisotopic (exact) mass is 197 g/mol. The molecule has 14 heavy (non-hydrogen) atoms. The molecule has 5 nitrogen and oxygen atoms in total. The number of aryl methyl sites for hydroxylation is 1. The summed E-state index contributed by atoms with van der Waals surface area (Å²) in [6, 6.07) is 3.60. The third-order valence-corrected chi connectivity index (χ3v) is 1.54. The van der Waals surface area contributed by atoms with E-state index in [4.69, 9.17) is 27.1 Å². The summed E-state index contributed by atoms with van der Waals surface area (Å²) in [5.41, 5.74) is 19.2. The zero-order valence-electron chi connectivity index (χ0n) is 8.24. The number of carbonyl (C=O) groups is 1. The standard InChI is InChI=1S/C7H11N3.C2H4O2/c1-4-2-3-5(8)7(10)6(4)9;1-2(3)4/h2-3H,8-10H2,1H3;1H3,(H,3,4). The van der Waals surface area contributed by atoms with Crippen molar-refractivity contribution in [1.82, 2.24) is 0 Å². The lowest BCUT2D eigenvalue weighted by Gasteiger charge is -2.05. The van der Waals surface area contributed by atoms with E-state index in [9.17, 15) is 0 Å². The van der Waals surface area contributed by atoms with Crippen LogP contribution in [0.5, 0.6) is 0 Å². The van der Waals surface area contributed by atoms with Gasteiger partial charge in [-0.25, -0.2) is 0 Å². The Hall–Kier alpha value is -1.91. The van der Waals surface area contributed by atoms with E-state index in [1.807, 2.05) is 13.0 Å². The molecule has 0 saturated carbocycles. The van der Waals surface area contributed by atoms with Gasteiger partial charge in [-0.05, 0) is 18.6 Å². The number of aliphatic carboxylic acids is 1. The first-order valence-electron chi connectivity index (χ1n) is 3.95. The lowest BCUT2D eigenvalue weighted by molar-refractivity contribution is -0.134. The van der Waals surface area contributed by atoms with Crippen LogP contribution in [0, 0.1) is 6.92 Å². The number of hydrogen-bond donors (Lipinski definition) is 4. The number of rotatable bonds is 0. The van der Waals surface area contributed by atoms with Crippen molar-refractivity contribution in [3.05, 3.63) is 17.7 Å². The summed E-state index contributed by atoms with van der Waals surface area (Å²) in [6.07, 6.45) is 0. The van der Waals surface area contributed by atoms with Gasteiger partial charge in [0.05, 0.1) is 17.1 Å². The van der Waals surface area contributed by atoms with Crippen LogP contribution in [0.2, 0.25) is 0 Å². The van der Waals surface area contributed by atoms with Crippen LogP contribution in [0.1, 0.15) is 12.5 Å². The highest BCUT2D eigenvalue weighted by Gasteiger charge is 2.00. The number of carboxylic acid groups (broad SMARTS) is 1. The summed E-state index contributed by atoms with van der Waals surface area (Å²) in [5, 5.41) is 7.42. The van der Waals surface area contributed by atoms with Gasteiger partial charge in [-0.3, -0.25) is 4.79 Å². The zero-order valence-corrected chi connectivity index (χ0v) is 8.24. The molecule has 7 N–H and O–H groups in total. The van der Waals surface area contributed by atoms with Gasteiger partial charge in [0.25, 0.3) is 5.97 Å². The van der Waals surface area contributed by atoms with E-state index in [-0.39, 0.29) is 0 Å². The van der Waals surface area contributed by atoms with E-state index in [1.54, 1.807) is 6.07 Å². The maximum absolute atomic E-state index is 9.00. The minimum absolute atomic E-state index is 0.486. The zero-order chi connectivity index (χ0) is 11.3. The fraction of sp³-hybridized carbons (Fsp3) is 0.222. The summed E-state index contributed by atoms with van der Waals surface area (Å²) in [5.74, 6) is -0.833.